The molecule has 1 aliphatic rings. The standard InChI is InChI=1S/C16H22BrNO2/c1-10(2)16(11(3)4)14(15(19)20-5)18(16)13-8-6-12(17)7-9-13/h6-11,14H,1-5H3. The van der Waals surface area contributed by atoms with Gasteiger partial charge in [0.05, 0.1) is 12.6 Å². The molecule has 1 aromatic rings. The Hall–Kier alpha value is -1.03. The van der Waals surface area contributed by atoms with E-state index in [2.05, 4.69) is 48.5 Å². The fourth-order valence-electron chi connectivity index (χ4n) is 3.56. The van der Waals surface area contributed by atoms with Crippen LogP contribution in [0.1, 0.15) is 27.7 Å². The third kappa shape index (κ3) is 2.14. The maximum Gasteiger partial charge on any atom is 0.331 e. The van der Waals surface area contributed by atoms with E-state index in [-0.39, 0.29) is 17.6 Å². The van der Waals surface area contributed by atoms with E-state index in [4.69, 9.17) is 4.74 Å². The molecule has 2 rings (SSSR count). The summed E-state index contributed by atoms with van der Waals surface area (Å²) in [5, 5.41) is 0. The van der Waals surface area contributed by atoms with Gasteiger partial charge in [-0.1, -0.05) is 43.6 Å². The third-order valence-electron chi connectivity index (χ3n) is 4.42. The summed E-state index contributed by atoms with van der Waals surface area (Å²) in [5.74, 6) is 0.598. The number of ether oxygens (including phenoxy) is 1. The molecule has 1 fully saturated rings. The number of halogens is 1. The van der Waals surface area contributed by atoms with Crippen LogP contribution in [0.5, 0.6) is 0 Å². The van der Waals surface area contributed by atoms with Crippen LogP contribution in [0, 0.1) is 11.8 Å². The summed E-state index contributed by atoms with van der Waals surface area (Å²) in [6, 6.07) is 7.92. The number of esters is 1. The summed E-state index contributed by atoms with van der Waals surface area (Å²) in [6.45, 7) is 8.70. The Balaban J connectivity index is 2.44. The number of carbonyl (C=O) groups excluding carboxylic acids is 1. The Morgan fingerprint density at radius 3 is 2.10 bits per heavy atom. The average molecular weight is 340 g/mol. The normalized spacial score (nSPS) is 20.4. The number of rotatable bonds is 4. The highest BCUT2D eigenvalue weighted by molar-refractivity contribution is 9.10. The van der Waals surface area contributed by atoms with Gasteiger partial charge in [-0.3, -0.25) is 0 Å². The van der Waals surface area contributed by atoms with Crippen LogP contribution in [0.2, 0.25) is 0 Å². The zero-order chi connectivity index (χ0) is 15.1. The minimum atomic E-state index is -0.186. The maximum absolute atomic E-state index is 12.2. The molecule has 1 saturated heterocycles. The zero-order valence-corrected chi connectivity index (χ0v) is 14.3. The van der Waals surface area contributed by atoms with E-state index >= 15 is 0 Å². The molecule has 0 spiro atoms. The number of nitrogens with zero attached hydrogens (tertiary/aromatic N) is 1. The fraction of sp³-hybridized carbons (Fsp3) is 0.562. The van der Waals surface area contributed by atoms with E-state index in [9.17, 15) is 4.79 Å². The van der Waals surface area contributed by atoms with Gasteiger partial charge in [-0.05, 0) is 36.1 Å². The van der Waals surface area contributed by atoms with Crippen molar-refractivity contribution in [2.24, 2.45) is 11.8 Å². The molecule has 0 bridgehead atoms. The van der Waals surface area contributed by atoms with Crippen molar-refractivity contribution >= 4 is 27.6 Å². The first kappa shape index (κ1) is 15.4. The van der Waals surface area contributed by atoms with Gasteiger partial charge in [0.25, 0.3) is 0 Å². The molecule has 0 aromatic heterocycles. The molecule has 1 unspecified atom stereocenters. The number of hydrogen-bond donors (Lipinski definition) is 0. The molecular formula is C16H22BrNO2. The van der Waals surface area contributed by atoms with Crippen molar-refractivity contribution in [1.29, 1.82) is 0 Å². The molecule has 1 atom stereocenters. The summed E-state index contributed by atoms with van der Waals surface area (Å²) in [7, 11) is 1.46. The van der Waals surface area contributed by atoms with Gasteiger partial charge in [0.15, 0.2) is 6.04 Å². The Kier molecular flexibility index (Phi) is 4.14. The first-order valence-corrected chi connectivity index (χ1v) is 7.79. The third-order valence-corrected chi connectivity index (χ3v) is 4.95. The Labute approximate surface area is 129 Å². The quantitative estimate of drug-likeness (QED) is 0.616. The minimum absolute atomic E-state index is 0.143. The van der Waals surface area contributed by atoms with Crippen LogP contribution in [0.15, 0.2) is 28.7 Å². The average Bonchev–Trinajstić information content (AvgIpc) is 3.10. The van der Waals surface area contributed by atoms with Crippen molar-refractivity contribution < 1.29 is 9.53 Å². The van der Waals surface area contributed by atoms with Gasteiger partial charge in [0, 0.05) is 10.2 Å². The maximum atomic E-state index is 12.2. The second kappa shape index (κ2) is 5.40. The van der Waals surface area contributed by atoms with Crippen molar-refractivity contribution in [2.75, 3.05) is 12.0 Å². The lowest BCUT2D eigenvalue weighted by Gasteiger charge is -2.26. The van der Waals surface area contributed by atoms with Gasteiger partial charge in [0.2, 0.25) is 0 Å². The molecule has 1 heterocycles. The summed E-state index contributed by atoms with van der Waals surface area (Å²) < 4.78 is 6.05. The molecule has 0 radical (unpaired) electrons. The number of carbonyl (C=O) groups is 1. The SMILES string of the molecule is COC(=O)C1N(c2ccc(Br)cc2)C1(C(C)C)C(C)C. The molecule has 0 amide bonds. The van der Waals surface area contributed by atoms with E-state index in [0.717, 1.165) is 10.2 Å². The van der Waals surface area contributed by atoms with Crippen LogP contribution in [0.4, 0.5) is 5.69 Å². The van der Waals surface area contributed by atoms with Gasteiger partial charge in [-0.25, -0.2) is 4.79 Å². The predicted molar refractivity (Wildman–Crippen MR) is 84.8 cm³/mol. The van der Waals surface area contributed by atoms with E-state index in [1.807, 2.05) is 24.3 Å². The zero-order valence-electron chi connectivity index (χ0n) is 12.7. The largest absolute Gasteiger partial charge is 0.467 e. The second-order valence-corrected chi connectivity index (χ2v) is 6.88. The van der Waals surface area contributed by atoms with Crippen molar-refractivity contribution in [2.45, 2.75) is 39.3 Å². The fourth-order valence-corrected chi connectivity index (χ4v) is 3.82. The first-order chi connectivity index (χ1) is 9.37. The molecule has 1 aromatic carbocycles. The number of benzene rings is 1. The molecule has 0 aliphatic carbocycles. The topological polar surface area (TPSA) is 29.3 Å². The lowest BCUT2D eigenvalue weighted by atomic mass is 9.81. The van der Waals surface area contributed by atoms with Crippen molar-refractivity contribution in [3.63, 3.8) is 0 Å². The highest BCUT2D eigenvalue weighted by atomic mass is 79.9. The van der Waals surface area contributed by atoms with Crippen LogP contribution >= 0.6 is 15.9 Å². The first-order valence-electron chi connectivity index (χ1n) is 7.00. The van der Waals surface area contributed by atoms with Gasteiger partial charge in [-0.15, -0.1) is 0 Å². The van der Waals surface area contributed by atoms with Crippen LogP contribution in [-0.4, -0.2) is 24.7 Å². The molecule has 4 heteroatoms. The summed E-state index contributed by atoms with van der Waals surface area (Å²) in [4.78, 5) is 14.4. The summed E-state index contributed by atoms with van der Waals surface area (Å²) in [5.41, 5.74) is 0.923. The summed E-state index contributed by atoms with van der Waals surface area (Å²) >= 11 is 3.45. The monoisotopic (exact) mass is 339 g/mol. The van der Waals surface area contributed by atoms with Gasteiger partial charge in [0.1, 0.15) is 0 Å². The lowest BCUT2D eigenvalue weighted by molar-refractivity contribution is -0.140. The highest BCUT2D eigenvalue weighted by Crippen LogP contribution is 2.55. The van der Waals surface area contributed by atoms with Crippen LogP contribution in [0.3, 0.4) is 0 Å². The minimum Gasteiger partial charge on any atom is -0.467 e. The molecule has 1 aliphatic heterocycles. The molecular weight excluding hydrogens is 318 g/mol. The lowest BCUT2D eigenvalue weighted by Crippen LogP contribution is -2.34. The van der Waals surface area contributed by atoms with E-state index in [1.165, 1.54) is 7.11 Å². The van der Waals surface area contributed by atoms with Crippen LogP contribution in [0.25, 0.3) is 0 Å². The van der Waals surface area contributed by atoms with E-state index in [1.54, 1.807) is 0 Å². The predicted octanol–water partition coefficient (Wildman–Crippen LogP) is 3.86. The highest BCUT2D eigenvalue weighted by Gasteiger charge is 2.69. The smallest absolute Gasteiger partial charge is 0.331 e. The van der Waals surface area contributed by atoms with Crippen molar-refractivity contribution in [3.8, 4) is 0 Å². The number of methoxy groups -OCH3 is 1. The number of anilines is 1. The molecule has 20 heavy (non-hydrogen) atoms. The van der Waals surface area contributed by atoms with Gasteiger partial charge in [-0.2, -0.15) is 0 Å². The van der Waals surface area contributed by atoms with Crippen LogP contribution < -0.4 is 4.90 Å². The molecule has 0 saturated carbocycles. The van der Waals surface area contributed by atoms with E-state index in [0.29, 0.717) is 11.8 Å². The summed E-state index contributed by atoms with van der Waals surface area (Å²) in [6.07, 6.45) is 0. The Morgan fingerprint density at radius 1 is 1.20 bits per heavy atom. The molecule has 0 N–H and O–H groups in total. The molecule has 110 valence electrons. The Bertz CT molecular complexity index is 488. The van der Waals surface area contributed by atoms with Crippen molar-refractivity contribution in [1.82, 2.24) is 0 Å². The second-order valence-electron chi connectivity index (χ2n) is 5.97. The van der Waals surface area contributed by atoms with Crippen molar-refractivity contribution in [3.05, 3.63) is 28.7 Å². The van der Waals surface area contributed by atoms with Gasteiger partial charge >= 0.3 is 5.97 Å². The number of hydrogen-bond acceptors (Lipinski definition) is 3. The Morgan fingerprint density at radius 2 is 1.70 bits per heavy atom. The van der Waals surface area contributed by atoms with Gasteiger partial charge < -0.3 is 9.64 Å². The van der Waals surface area contributed by atoms with E-state index < -0.39 is 0 Å². The van der Waals surface area contributed by atoms with Crippen LogP contribution in [-0.2, 0) is 9.53 Å². The molecule has 3 nitrogen and oxygen atoms in total.